The Morgan fingerprint density at radius 1 is 1.47 bits per heavy atom. The number of hydrogen-bond acceptors (Lipinski definition) is 3. The lowest BCUT2D eigenvalue weighted by Crippen LogP contribution is -2.26. The van der Waals surface area contributed by atoms with Crippen LogP contribution in [-0.2, 0) is 20.0 Å². The Hall–Kier alpha value is -1.55. The molecule has 0 aliphatic carbocycles. The first-order chi connectivity index (χ1) is 8.25. The normalized spacial score (nSPS) is 12.8. The van der Waals surface area contributed by atoms with Crippen LogP contribution < -0.4 is 5.32 Å². The summed E-state index contributed by atoms with van der Waals surface area (Å²) in [6, 6.07) is 6.46. The highest BCUT2D eigenvalue weighted by molar-refractivity contribution is 5.00. The maximum absolute atomic E-state index is 5.31. The zero-order valence-electron chi connectivity index (χ0n) is 10.4. The molecule has 1 atom stereocenters. The van der Waals surface area contributed by atoms with Crippen LogP contribution in [0.3, 0.4) is 0 Å². The maximum Gasteiger partial charge on any atom is 0.103 e. The Morgan fingerprint density at radius 2 is 2.35 bits per heavy atom. The largest absolute Gasteiger partial charge is 0.469 e. The van der Waals surface area contributed by atoms with Gasteiger partial charge in [0.25, 0.3) is 0 Å². The van der Waals surface area contributed by atoms with E-state index in [0.29, 0.717) is 6.04 Å². The van der Waals surface area contributed by atoms with Gasteiger partial charge < -0.3 is 9.73 Å². The molecule has 1 unspecified atom stereocenters. The van der Waals surface area contributed by atoms with E-state index in [-0.39, 0.29) is 0 Å². The monoisotopic (exact) mass is 233 g/mol. The highest BCUT2D eigenvalue weighted by Gasteiger charge is 2.05. The summed E-state index contributed by atoms with van der Waals surface area (Å²) in [4.78, 5) is 0. The summed E-state index contributed by atoms with van der Waals surface area (Å²) in [7, 11) is 1.96. The summed E-state index contributed by atoms with van der Waals surface area (Å²) in [6.07, 6.45) is 5.60. The molecule has 1 N–H and O–H groups in total. The molecule has 0 radical (unpaired) electrons. The second-order valence-corrected chi connectivity index (χ2v) is 4.35. The van der Waals surface area contributed by atoms with Gasteiger partial charge in [-0.15, -0.1) is 0 Å². The van der Waals surface area contributed by atoms with Crippen molar-refractivity contribution < 1.29 is 4.42 Å². The number of nitrogens with one attached hydrogen (secondary N) is 1. The molecule has 4 heteroatoms. The number of furan rings is 1. The van der Waals surface area contributed by atoms with E-state index in [1.54, 1.807) is 6.26 Å². The quantitative estimate of drug-likeness (QED) is 0.831. The van der Waals surface area contributed by atoms with Crippen molar-refractivity contribution in [2.24, 2.45) is 7.05 Å². The van der Waals surface area contributed by atoms with E-state index in [4.69, 9.17) is 4.42 Å². The van der Waals surface area contributed by atoms with E-state index in [1.807, 2.05) is 36.1 Å². The number of aromatic nitrogens is 2. The van der Waals surface area contributed by atoms with Crippen LogP contribution >= 0.6 is 0 Å². The Kier molecular flexibility index (Phi) is 3.98. The maximum atomic E-state index is 5.31. The minimum absolute atomic E-state index is 0.468. The van der Waals surface area contributed by atoms with Gasteiger partial charge in [-0.1, -0.05) is 0 Å². The fourth-order valence-electron chi connectivity index (χ4n) is 1.77. The summed E-state index contributed by atoms with van der Waals surface area (Å²) < 4.78 is 7.21. The molecule has 0 fully saturated rings. The van der Waals surface area contributed by atoms with Gasteiger partial charge >= 0.3 is 0 Å². The molecule has 92 valence electrons. The van der Waals surface area contributed by atoms with E-state index >= 15 is 0 Å². The summed E-state index contributed by atoms with van der Waals surface area (Å²) in [5.41, 5.74) is 1.20. The van der Waals surface area contributed by atoms with E-state index in [2.05, 4.69) is 17.3 Å². The lowest BCUT2D eigenvalue weighted by Gasteiger charge is -2.12. The molecule has 0 aliphatic rings. The van der Waals surface area contributed by atoms with Crippen molar-refractivity contribution in [1.29, 1.82) is 0 Å². The summed E-state index contributed by atoms with van der Waals surface area (Å²) in [6.45, 7) is 3.05. The third-order valence-electron chi connectivity index (χ3n) is 2.96. The predicted octanol–water partition coefficient (Wildman–Crippen LogP) is 2.12. The van der Waals surface area contributed by atoms with Gasteiger partial charge in [0.2, 0.25) is 0 Å². The average molecular weight is 233 g/mol. The third-order valence-corrected chi connectivity index (χ3v) is 2.96. The van der Waals surface area contributed by atoms with E-state index < -0.39 is 0 Å². The average Bonchev–Trinajstić information content (AvgIpc) is 2.95. The second kappa shape index (κ2) is 5.68. The molecular weight excluding hydrogens is 214 g/mol. The highest BCUT2D eigenvalue weighted by Crippen LogP contribution is 2.06. The van der Waals surface area contributed by atoms with Crippen LogP contribution in [0.25, 0.3) is 0 Å². The molecule has 0 spiro atoms. The number of rotatable bonds is 6. The molecule has 2 heterocycles. The van der Waals surface area contributed by atoms with Gasteiger partial charge in [0.05, 0.1) is 12.0 Å². The highest BCUT2D eigenvalue weighted by atomic mass is 16.3. The third kappa shape index (κ3) is 3.46. The summed E-state index contributed by atoms with van der Waals surface area (Å²) >= 11 is 0. The summed E-state index contributed by atoms with van der Waals surface area (Å²) in [5, 5.41) is 7.63. The van der Waals surface area contributed by atoms with Crippen molar-refractivity contribution in [3.05, 3.63) is 42.1 Å². The number of hydrogen-bond donors (Lipinski definition) is 1. The Bertz CT molecular complexity index is 433. The molecule has 2 aromatic heterocycles. The lowest BCUT2D eigenvalue weighted by molar-refractivity contribution is 0.455. The zero-order valence-corrected chi connectivity index (χ0v) is 10.4. The molecule has 0 saturated carbocycles. The Labute approximate surface area is 102 Å². The molecule has 0 saturated heterocycles. The van der Waals surface area contributed by atoms with Crippen LogP contribution in [0.15, 0.2) is 35.1 Å². The van der Waals surface area contributed by atoms with Gasteiger partial charge in [0.1, 0.15) is 5.76 Å². The number of aryl methyl sites for hydroxylation is 2. The molecule has 0 aromatic carbocycles. The molecule has 0 bridgehead atoms. The summed E-state index contributed by atoms with van der Waals surface area (Å²) in [5.74, 6) is 1.05. The predicted molar refractivity (Wildman–Crippen MR) is 66.5 cm³/mol. The molecule has 2 aromatic rings. The van der Waals surface area contributed by atoms with Gasteiger partial charge in [-0.25, -0.2) is 0 Å². The standard InChI is InChI=1S/C13H19N3O/c1-11(5-6-13-4-3-9-17-13)14-10-12-7-8-15-16(12)2/h3-4,7-9,11,14H,5-6,10H2,1-2H3. The van der Waals surface area contributed by atoms with Gasteiger partial charge in [-0.05, 0) is 31.5 Å². The first kappa shape index (κ1) is 11.9. The van der Waals surface area contributed by atoms with Crippen LogP contribution in [0.1, 0.15) is 24.8 Å². The van der Waals surface area contributed by atoms with Gasteiger partial charge in [0, 0.05) is 32.3 Å². The lowest BCUT2D eigenvalue weighted by atomic mass is 10.1. The number of nitrogens with zero attached hydrogens (tertiary/aromatic N) is 2. The van der Waals surface area contributed by atoms with Gasteiger partial charge in [-0.2, -0.15) is 5.10 Å². The molecule has 2 rings (SSSR count). The smallest absolute Gasteiger partial charge is 0.103 e. The van der Waals surface area contributed by atoms with Crippen LogP contribution in [0.5, 0.6) is 0 Å². The topological polar surface area (TPSA) is 43.0 Å². The van der Waals surface area contributed by atoms with Crippen LogP contribution in [-0.4, -0.2) is 15.8 Å². The van der Waals surface area contributed by atoms with Gasteiger partial charge in [-0.3, -0.25) is 4.68 Å². The van der Waals surface area contributed by atoms with Crippen molar-refractivity contribution in [2.75, 3.05) is 0 Å². The van der Waals surface area contributed by atoms with E-state index in [1.165, 1.54) is 5.69 Å². The van der Waals surface area contributed by atoms with Gasteiger partial charge in [0.15, 0.2) is 0 Å². The first-order valence-electron chi connectivity index (χ1n) is 5.98. The van der Waals surface area contributed by atoms with E-state index in [0.717, 1.165) is 25.1 Å². The Morgan fingerprint density at radius 3 is 3.00 bits per heavy atom. The molecule has 0 aliphatic heterocycles. The fourth-order valence-corrected chi connectivity index (χ4v) is 1.77. The SMILES string of the molecule is CC(CCc1ccco1)NCc1ccnn1C. The molecule has 4 nitrogen and oxygen atoms in total. The second-order valence-electron chi connectivity index (χ2n) is 4.35. The molecule has 17 heavy (non-hydrogen) atoms. The van der Waals surface area contributed by atoms with Crippen molar-refractivity contribution in [2.45, 2.75) is 32.4 Å². The van der Waals surface area contributed by atoms with Crippen LogP contribution in [0.2, 0.25) is 0 Å². The minimum Gasteiger partial charge on any atom is -0.469 e. The Balaban J connectivity index is 1.71. The first-order valence-corrected chi connectivity index (χ1v) is 5.98. The van der Waals surface area contributed by atoms with E-state index in [9.17, 15) is 0 Å². The van der Waals surface area contributed by atoms with Crippen molar-refractivity contribution in [1.82, 2.24) is 15.1 Å². The molecule has 0 amide bonds. The fraction of sp³-hybridized carbons (Fsp3) is 0.462. The van der Waals surface area contributed by atoms with Crippen LogP contribution in [0, 0.1) is 0 Å². The van der Waals surface area contributed by atoms with Crippen molar-refractivity contribution >= 4 is 0 Å². The zero-order chi connectivity index (χ0) is 12.1. The van der Waals surface area contributed by atoms with Crippen LogP contribution in [0.4, 0.5) is 0 Å². The van der Waals surface area contributed by atoms with Crippen molar-refractivity contribution in [3.8, 4) is 0 Å². The van der Waals surface area contributed by atoms with Crippen molar-refractivity contribution in [3.63, 3.8) is 0 Å². The minimum atomic E-state index is 0.468. The molecular formula is C13H19N3O.